The van der Waals surface area contributed by atoms with Crippen LogP contribution in [0.25, 0.3) is 0 Å². The number of carbonyl (C=O) groups excluding carboxylic acids is 1. The maximum absolute atomic E-state index is 13.7. The SMILES string of the molecule is CN1CCOc2ccccc2CCCCC2(CCN(CC3(O)CCN(c4ccc(F)cc4)CC3)CC2)C1=O. The predicted molar refractivity (Wildman–Crippen MR) is 148 cm³/mol. The Kier molecular flexibility index (Phi) is 8.24. The molecule has 2 aromatic rings. The molecule has 38 heavy (non-hydrogen) atoms. The molecular formula is C31H42FN3O3. The lowest BCUT2D eigenvalue weighted by Crippen LogP contribution is -2.55. The normalized spacial score (nSPS) is 22.8. The third kappa shape index (κ3) is 6.15. The number of para-hydroxylation sites is 1. The third-order valence-corrected chi connectivity index (χ3v) is 9.03. The van der Waals surface area contributed by atoms with Crippen molar-refractivity contribution in [2.45, 2.75) is 57.0 Å². The molecule has 1 amide bonds. The van der Waals surface area contributed by atoms with E-state index in [1.165, 1.54) is 17.7 Å². The van der Waals surface area contributed by atoms with Crippen LogP contribution >= 0.6 is 0 Å². The maximum atomic E-state index is 13.7. The second kappa shape index (κ2) is 11.6. The number of likely N-dealkylation sites (tertiary alicyclic amines) is 1. The summed E-state index contributed by atoms with van der Waals surface area (Å²) >= 11 is 0. The number of benzene rings is 2. The van der Waals surface area contributed by atoms with Gasteiger partial charge in [-0.1, -0.05) is 24.6 Å². The van der Waals surface area contributed by atoms with E-state index >= 15 is 0 Å². The van der Waals surface area contributed by atoms with Crippen molar-refractivity contribution in [3.63, 3.8) is 0 Å². The number of aryl methyl sites for hydroxylation is 1. The number of hydrogen-bond donors (Lipinski definition) is 1. The molecule has 1 spiro atoms. The Balaban J connectivity index is 1.17. The molecule has 0 saturated carbocycles. The molecular weight excluding hydrogens is 481 g/mol. The van der Waals surface area contributed by atoms with Gasteiger partial charge in [-0.25, -0.2) is 4.39 Å². The van der Waals surface area contributed by atoms with E-state index in [9.17, 15) is 14.3 Å². The van der Waals surface area contributed by atoms with Crippen LogP contribution in [0.5, 0.6) is 5.75 Å². The van der Waals surface area contributed by atoms with Crippen molar-refractivity contribution in [3.8, 4) is 5.75 Å². The van der Waals surface area contributed by atoms with E-state index in [4.69, 9.17) is 4.74 Å². The summed E-state index contributed by atoms with van der Waals surface area (Å²) in [5, 5.41) is 11.4. The highest BCUT2D eigenvalue weighted by Gasteiger charge is 2.44. The molecule has 3 heterocycles. The molecule has 0 bridgehead atoms. The number of anilines is 1. The average molecular weight is 524 g/mol. The highest BCUT2D eigenvalue weighted by atomic mass is 19.1. The van der Waals surface area contributed by atoms with Gasteiger partial charge in [0.15, 0.2) is 0 Å². The zero-order chi connectivity index (χ0) is 26.6. The summed E-state index contributed by atoms with van der Waals surface area (Å²) in [5.74, 6) is 0.967. The Morgan fingerprint density at radius 2 is 1.61 bits per heavy atom. The Morgan fingerprint density at radius 3 is 2.34 bits per heavy atom. The number of nitrogens with zero attached hydrogens (tertiary/aromatic N) is 3. The van der Waals surface area contributed by atoms with Crippen molar-refractivity contribution < 1.29 is 19.0 Å². The zero-order valence-corrected chi connectivity index (χ0v) is 22.7. The molecule has 0 aromatic heterocycles. The quantitative estimate of drug-likeness (QED) is 0.642. The smallest absolute Gasteiger partial charge is 0.228 e. The van der Waals surface area contributed by atoms with Gasteiger partial charge >= 0.3 is 0 Å². The molecule has 3 aliphatic heterocycles. The number of aliphatic hydroxyl groups is 1. The Labute approximate surface area is 226 Å². The van der Waals surface area contributed by atoms with E-state index in [1.54, 1.807) is 0 Å². The number of amides is 1. The number of carbonyl (C=O) groups is 1. The first kappa shape index (κ1) is 26.9. The standard InChI is InChI=1S/C31H42FN3O3/c1-33-22-23-38-28-8-3-2-6-25(28)7-4-5-13-30(29(33)36)14-18-34(19-15-30)24-31(37)16-20-35(21-17-31)27-11-9-26(32)10-12-27/h2-3,6,8-12,37H,4-5,7,13-24H2,1H3. The van der Waals surface area contributed by atoms with Crippen molar-refractivity contribution in [1.82, 2.24) is 9.80 Å². The zero-order valence-electron chi connectivity index (χ0n) is 22.7. The molecule has 0 radical (unpaired) electrons. The second-order valence-electron chi connectivity index (χ2n) is 11.6. The molecule has 3 aliphatic rings. The Morgan fingerprint density at radius 1 is 0.895 bits per heavy atom. The maximum Gasteiger partial charge on any atom is 0.228 e. The lowest BCUT2D eigenvalue weighted by atomic mass is 9.72. The average Bonchev–Trinajstić information content (AvgIpc) is 2.93. The van der Waals surface area contributed by atoms with Crippen LogP contribution < -0.4 is 9.64 Å². The summed E-state index contributed by atoms with van der Waals surface area (Å²) in [4.78, 5) is 20.2. The van der Waals surface area contributed by atoms with E-state index in [2.05, 4.69) is 21.9 Å². The van der Waals surface area contributed by atoms with E-state index in [0.29, 0.717) is 32.5 Å². The first-order chi connectivity index (χ1) is 18.4. The fraction of sp³-hybridized carbons (Fsp3) is 0.581. The van der Waals surface area contributed by atoms with Gasteiger partial charge in [0.2, 0.25) is 5.91 Å². The van der Waals surface area contributed by atoms with Crippen LogP contribution in [0.4, 0.5) is 10.1 Å². The van der Waals surface area contributed by atoms with Gasteiger partial charge in [-0.2, -0.15) is 0 Å². The molecule has 206 valence electrons. The molecule has 5 rings (SSSR count). The monoisotopic (exact) mass is 523 g/mol. The summed E-state index contributed by atoms with van der Waals surface area (Å²) in [6.45, 7) is 4.93. The number of piperidine rings is 2. The largest absolute Gasteiger partial charge is 0.491 e. The van der Waals surface area contributed by atoms with Crippen molar-refractivity contribution >= 4 is 11.6 Å². The molecule has 1 N–H and O–H groups in total. The molecule has 2 aromatic carbocycles. The summed E-state index contributed by atoms with van der Waals surface area (Å²) in [6.07, 6.45) is 7.03. The number of β-amino-alcohol motifs (C(OH)–C–C–N with tert-alkyl or cyclic N) is 1. The molecule has 0 unspecified atom stereocenters. The highest BCUT2D eigenvalue weighted by molar-refractivity contribution is 5.82. The summed E-state index contributed by atoms with van der Waals surface area (Å²) in [6, 6.07) is 14.9. The number of ether oxygens (including phenoxy) is 1. The summed E-state index contributed by atoms with van der Waals surface area (Å²) < 4.78 is 19.3. The minimum Gasteiger partial charge on any atom is -0.491 e. The lowest BCUT2D eigenvalue weighted by Gasteiger charge is -2.46. The number of halogens is 1. The van der Waals surface area contributed by atoms with Gasteiger partial charge in [0.1, 0.15) is 18.2 Å². The van der Waals surface area contributed by atoms with Crippen molar-refractivity contribution in [1.29, 1.82) is 0 Å². The van der Waals surface area contributed by atoms with Crippen molar-refractivity contribution in [3.05, 3.63) is 59.9 Å². The van der Waals surface area contributed by atoms with Crippen LogP contribution in [0.1, 0.15) is 50.5 Å². The fourth-order valence-corrected chi connectivity index (χ4v) is 6.55. The molecule has 7 heteroatoms. The van der Waals surface area contributed by atoms with Gasteiger partial charge in [0.05, 0.1) is 17.6 Å². The van der Waals surface area contributed by atoms with Gasteiger partial charge in [-0.05, 0) is 93.9 Å². The first-order valence-corrected chi connectivity index (χ1v) is 14.3. The van der Waals surface area contributed by atoms with E-state index in [-0.39, 0.29) is 17.1 Å². The first-order valence-electron chi connectivity index (χ1n) is 14.3. The minimum absolute atomic E-state index is 0.227. The number of likely N-dealkylation sites (N-methyl/N-ethyl adjacent to an activating group) is 1. The van der Waals surface area contributed by atoms with Crippen LogP contribution in [0, 0.1) is 11.2 Å². The van der Waals surface area contributed by atoms with Crippen LogP contribution in [0.3, 0.4) is 0 Å². The predicted octanol–water partition coefficient (Wildman–Crippen LogP) is 4.50. The lowest BCUT2D eigenvalue weighted by molar-refractivity contribution is -0.145. The number of rotatable bonds is 3. The van der Waals surface area contributed by atoms with Gasteiger partial charge in [0, 0.05) is 32.4 Å². The highest BCUT2D eigenvalue weighted by Crippen LogP contribution is 2.40. The molecule has 0 atom stereocenters. The second-order valence-corrected chi connectivity index (χ2v) is 11.6. The molecule has 0 aliphatic carbocycles. The van der Waals surface area contributed by atoms with Gasteiger partial charge in [0.25, 0.3) is 0 Å². The van der Waals surface area contributed by atoms with E-state index in [0.717, 1.165) is 76.1 Å². The summed E-state index contributed by atoms with van der Waals surface area (Å²) in [7, 11) is 1.91. The van der Waals surface area contributed by atoms with Gasteiger partial charge in [-0.15, -0.1) is 0 Å². The number of hydrogen-bond acceptors (Lipinski definition) is 5. The molecule has 6 nitrogen and oxygen atoms in total. The van der Waals surface area contributed by atoms with Crippen LogP contribution in [-0.4, -0.2) is 79.3 Å². The molecule has 2 fully saturated rings. The van der Waals surface area contributed by atoms with E-state index in [1.807, 2.05) is 36.2 Å². The number of fused-ring (bicyclic) bond motifs is 1. The van der Waals surface area contributed by atoms with Gasteiger partial charge < -0.3 is 24.5 Å². The Hall–Kier alpha value is -2.64. The molecule has 2 saturated heterocycles. The van der Waals surface area contributed by atoms with Crippen LogP contribution in [0.2, 0.25) is 0 Å². The fourth-order valence-electron chi connectivity index (χ4n) is 6.55. The Bertz CT molecular complexity index is 1080. The topological polar surface area (TPSA) is 56.2 Å². The van der Waals surface area contributed by atoms with Crippen LogP contribution in [-0.2, 0) is 11.2 Å². The summed E-state index contributed by atoms with van der Waals surface area (Å²) in [5.41, 5.74) is 1.22. The van der Waals surface area contributed by atoms with Gasteiger partial charge in [-0.3, -0.25) is 4.79 Å². The van der Waals surface area contributed by atoms with Crippen molar-refractivity contribution in [2.24, 2.45) is 5.41 Å². The van der Waals surface area contributed by atoms with Crippen LogP contribution in [0.15, 0.2) is 48.5 Å². The third-order valence-electron chi connectivity index (χ3n) is 9.03. The van der Waals surface area contributed by atoms with Crippen molar-refractivity contribution in [2.75, 3.05) is 57.8 Å². The minimum atomic E-state index is -0.723. The van der Waals surface area contributed by atoms with E-state index < -0.39 is 5.60 Å².